The summed E-state index contributed by atoms with van der Waals surface area (Å²) in [6.45, 7) is 7.54. The molecule has 0 spiro atoms. The molecule has 1 amide bonds. The van der Waals surface area contributed by atoms with Gasteiger partial charge in [-0.15, -0.1) is 0 Å². The van der Waals surface area contributed by atoms with E-state index in [1.807, 2.05) is 49.4 Å². The highest BCUT2D eigenvalue weighted by Crippen LogP contribution is 2.30. The fraction of sp³-hybridized carbons (Fsp3) is 0.310. The fourth-order valence-corrected chi connectivity index (χ4v) is 4.61. The lowest BCUT2D eigenvalue weighted by Crippen LogP contribution is -2.50. The number of ether oxygens (including phenoxy) is 2. The number of halogens is 1. The van der Waals surface area contributed by atoms with Crippen LogP contribution in [0.5, 0.6) is 11.5 Å². The number of aromatic nitrogens is 6. The first-order valence-corrected chi connectivity index (χ1v) is 13.5. The Morgan fingerprint density at radius 2 is 1.71 bits per heavy atom. The van der Waals surface area contributed by atoms with Crippen LogP contribution in [0, 0.1) is 5.82 Å². The summed E-state index contributed by atoms with van der Waals surface area (Å²) in [5, 5.41) is 3.03. The van der Waals surface area contributed by atoms with Crippen molar-refractivity contribution in [1.82, 2.24) is 34.4 Å². The summed E-state index contributed by atoms with van der Waals surface area (Å²) in [5.41, 5.74) is 2.36. The number of fused-ring (bicyclic) bond motifs is 2. The third kappa shape index (κ3) is 5.71. The number of nitrogens with zero attached hydrogens (tertiary/aromatic N) is 8. The summed E-state index contributed by atoms with van der Waals surface area (Å²) in [5.74, 6) is 1.18. The summed E-state index contributed by atoms with van der Waals surface area (Å²) in [6.07, 6.45) is 4.37. The van der Waals surface area contributed by atoms with Gasteiger partial charge in [-0.05, 0) is 45.0 Å². The number of benzene rings is 2. The molecule has 1 aliphatic heterocycles. The van der Waals surface area contributed by atoms with E-state index in [1.54, 1.807) is 35.6 Å². The van der Waals surface area contributed by atoms with Crippen molar-refractivity contribution in [3.05, 3.63) is 61.1 Å². The molecule has 5 aromatic rings. The smallest absolute Gasteiger partial charge is 0.410 e. The highest BCUT2D eigenvalue weighted by atomic mass is 19.1. The second-order valence-electron chi connectivity index (χ2n) is 11.0. The molecule has 3 aromatic heterocycles. The number of carbonyl (C=O) groups is 1. The first-order valence-electron chi connectivity index (χ1n) is 13.5. The quantitative estimate of drug-likeness (QED) is 0.307. The summed E-state index contributed by atoms with van der Waals surface area (Å²) >= 11 is 0. The van der Waals surface area contributed by atoms with Gasteiger partial charge in [0.25, 0.3) is 0 Å². The van der Waals surface area contributed by atoms with Crippen molar-refractivity contribution in [3.8, 4) is 11.5 Å². The molecule has 0 aliphatic carbocycles. The van der Waals surface area contributed by atoms with Gasteiger partial charge in [0.2, 0.25) is 5.95 Å². The molecular formula is C29H30FN9O3. The van der Waals surface area contributed by atoms with Gasteiger partial charge in [0, 0.05) is 45.4 Å². The van der Waals surface area contributed by atoms with E-state index in [0.29, 0.717) is 60.5 Å². The molecule has 0 radical (unpaired) electrons. The Morgan fingerprint density at radius 1 is 0.952 bits per heavy atom. The van der Waals surface area contributed by atoms with Crippen LogP contribution in [0.4, 0.5) is 26.6 Å². The Hall–Kier alpha value is -5.07. The number of nitrogens with one attached hydrogen (secondary N) is 1. The van der Waals surface area contributed by atoms with Crippen molar-refractivity contribution in [2.45, 2.75) is 26.4 Å². The van der Waals surface area contributed by atoms with E-state index in [0.717, 1.165) is 11.0 Å². The monoisotopic (exact) mass is 571 g/mol. The highest BCUT2D eigenvalue weighted by Gasteiger charge is 2.27. The standard InChI is InChI=1S/C29H30FN9O3/c1-29(2,3)42-28(40)39-11-9-38(10-12-39)27-31-15-23-25(36-27)26(33-16-32-23)35-21-7-5-18(13-20(21)30)41-19-6-8-24-22(14-19)34-17-37(24)4/h5-8,13-17H,9-12H2,1-4H3,(H,32,33,35). The maximum atomic E-state index is 15.2. The number of imidazole rings is 1. The van der Waals surface area contributed by atoms with E-state index in [-0.39, 0.29) is 11.8 Å². The molecule has 1 saturated heterocycles. The Labute approximate surface area is 241 Å². The molecule has 216 valence electrons. The van der Waals surface area contributed by atoms with Crippen LogP contribution in [0.3, 0.4) is 0 Å². The number of hydrogen-bond acceptors (Lipinski definition) is 10. The summed E-state index contributed by atoms with van der Waals surface area (Å²) in [7, 11) is 1.92. The molecule has 0 unspecified atom stereocenters. The van der Waals surface area contributed by atoms with Gasteiger partial charge in [-0.2, -0.15) is 0 Å². The Morgan fingerprint density at radius 3 is 2.48 bits per heavy atom. The molecule has 1 N–H and O–H groups in total. The highest BCUT2D eigenvalue weighted by molar-refractivity contribution is 5.87. The largest absolute Gasteiger partial charge is 0.457 e. The molecule has 6 rings (SSSR count). The maximum absolute atomic E-state index is 15.2. The molecule has 12 nitrogen and oxygen atoms in total. The number of carbonyl (C=O) groups excluding carboxylic acids is 1. The normalized spacial score (nSPS) is 13.9. The predicted molar refractivity (Wildman–Crippen MR) is 156 cm³/mol. The molecule has 0 bridgehead atoms. The van der Waals surface area contributed by atoms with E-state index in [9.17, 15) is 4.79 Å². The topological polar surface area (TPSA) is 123 Å². The van der Waals surface area contributed by atoms with Crippen molar-refractivity contribution < 1.29 is 18.7 Å². The van der Waals surface area contributed by atoms with Gasteiger partial charge in [-0.1, -0.05) is 0 Å². The lowest BCUT2D eigenvalue weighted by atomic mass is 10.2. The first kappa shape index (κ1) is 27.1. The van der Waals surface area contributed by atoms with Gasteiger partial charge in [0.05, 0.1) is 29.2 Å². The van der Waals surface area contributed by atoms with Crippen LogP contribution < -0.4 is 15.0 Å². The number of hydrogen-bond donors (Lipinski definition) is 1. The number of rotatable bonds is 5. The van der Waals surface area contributed by atoms with E-state index in [4.69, 9.17) is 14.5 Å². The lowest BCUT2D eigenvalue weighted by molar-refractivity contribution is 0.0240. The van der Waals surface area contributed by atoms with Gasteiger partial charge in [-0.3, -0.25) is 0 Å². The molecule has 42 heavy (non-hydrogen) atoms. The Bertz CT molecular complexity index is 1780. The van der Waals surface area contributed by atoms with Crippen LogP contribution in [0.2, 0.25) is 0 Å². The SMILES string of the molecule is Cn1cnc2cc(Oc3ccc(Nc4ncnc5cnc(N6CCN(C(=O)OC(C)(C)C)CC6)nc45)c(F)c3)ccc21. The number of amides is 1. The summed E-state index contributed by atoms with van der Waals surface area (Å²) < 4.78 is 28.5. The Balaban J connectivity index is 1.17. The maximum Gasteiger partial charge on any atom is 0.410 e. The van der Waals surface area contributed by atoms with Crippen molar-refractivity contribution in [3.63, 3.8) is 0 Å². The number of anilines is 3. The molecule has 0 saturated carbocycles. The van der Waals surface area contributed by atoms with E-state index >= 15 is 4.39 Å². The van der Waals surface area contributed by atoms with Crippen LogP contribution in [-0.4, -0.2) is 72.3 Å². The average molecular weight is 572 g/mol. The molecular weight excluding hydrogens is 541 g/mol. The minimum Gasteiger partial charge on any atom is -0.457 e. The molecule has 1 fully saturated rings. The second kappa shape index (κ2) is 10.7. The van der Waals surface area contributed by atoms with Crippen LogP contribution >= 0.6 is 0 Å². The van der Waals surface area contributed by atoms with Crippen LogP contribution in [0.15, 0.2) is 55.2 Å². The molecule has 0 atom stereocenters. The Kier molecular flexibility index (Phi) is 6.93. The molecule has 2 aromatic carbocycles. The van der Waals surface area contributed by atoms with Crippen molar-refractivity contribution in [1.29, 1.82) is 0 Å². The van der Waals surface area contributed by atoms with Crippen molar-refractivity contribution in [2.24, 2.45) is 7.05 Å². The number of piperazine rings is 1. The summed E-state index contributed by atoms with van der Waals surface area (Å²) in [4.78, 5) is 38.1. The minimum atomic E-state index is -0.555. The van der Waals surface area contributed by atoms with Gasteiger partial charge < -0.3 is 29.2 Å². The lowest BCUT2D eigenvalue weighted by Gasteiger charge is -2.35. The van der Waals surface area contributed by atoms with Crippen molar-refractivity contribution >= 4 is 45.6 Å². The number of aryl methyl sites for hydroxylation is 1. The molecule has 4 heterocycles. The van der Waals surface area contributed by atoms with E-state index in [1.165, 1.54) is 12.4 Å². The fourth-order valence-electron chi connectivity index (χ4n) is 4.61. The predicted octanol–water partition coefficient (Wildman–Crippen LogP) is 5.04. The van der Waals surface area contributed by atoms with Gasteiger partial charge in [-0.25, -0.2) is 34.1 Å². The third-order valence-corrected chi connectivity index (χ3v) is 6.71. The van der Waals surface area contributed by atoms with E-state index < -0.39 is 11.4 Å². The zero-order valence-electron chi connectivity index (χ0n) is 23.7. The van der Waals surface area contributed by atoms with Crippen molar-refractivity contribution in [2.75, 3.05) is 36.4 Å². The average Bonchev–Trinajstić information content (AvgIpc) is 3.33. The van der Waals surface area contributed by atoms with Crippen LogP contribution in [0.1, 0.15) is 20.8 Å². The van der Waals surface area contributed by atoms with Gasteiger partial charge in [0.15, 0.2) is 5.82 Å². The molecule has 13 heteroatoms. The van der Waals surface area contributed by atoms with Crippen LogP contribution in [-0.2, 0) is 11.8 Å². The first-order chi connectivity index (χ1) is 20.1. The molecule has 1 aliphatic rings. The zero-order valence-corrected chi connectivity index (χ0v) is 23.7. The van der Waals surface area contributed by atoms with E-state index in [2.05, 4.69) is 25.3 Å². The third-order valence-electron chi connectivity index (χ3n) is 6.71. The van der Waals surface area contributed by atoms with Gasteiger partial charge >= 0.3 is 6.09 Å². The van der Waals surface area contributed by atoms with Gasteiger partial charge in [0.1, 0.15) is 40.3 Å². The zero-order chi connectivity index (χ0) is 29.4. The van der Waals surface area contributed by atoms with Crippen LogP contribution in [0.25, 0.3) is 22.1 Å². The summed E-state index contributed by atoms with van der Waals surface area (Å²) in [6, 6.07) is 10.1. The second-order valence-corrected chi connectivity index (χ2v) is 11.0. The minimum absolute atomic E-state index is 0.202.